The van der Waals surface area contributed by atoms with E-state index in [1.54, 1.807) is 7.11 Å². The maximum Gasteiger partial charge on any atom is 0.265 e. The molecule has 0 fully saturated rings. The lowest BCUT2D eigenvalue weighted by Crippen LogP contribution is -2.13. The summed E-state index contributed by atoms with van der Waals surface area (Å²) < 4.78 is 6.34. The van der Waals surface area contributed by atoms with E-state index < -0.39 is 0 Å². The number of methoxy groups -OCH3 is 1. The van der Waals surface area contributed by atoms with Crippen LogP contribution in [0.4, 0.5) is 0 Å². The average Bonchev–Trinajstić information content (AvgIpc) is 2.71. The third-order valence-corrected chi connectivity index (χ3v) is 4.71. The van der Waals surface area contributed by atoms with Gasteiger partial charge in [-0.2, -0.15) is 0 Å². The van der Waals surface area contributed by atoms with Crippen molar-refractivity contribution in [2.75, 3.05) is 7.11 Å². The van der Waals surface area contributed by atoms with E-state index >= 15 is 0 Å². The molecule has 0 saturated carbocycles. The lowest BCUT2D eigenvalue weighted by atomic mass is 10.4. The first-order chi connectivity index (χ1) is 8.13. The third-order valence-electron chi connectivity index (χ3n) is 2.04. The number of hydrogen-bond donors (Lipinski definition) is 1. The van der Waals surface area contributed by atoms with Gasteiger partial charge in [-0.3, -0.25) is 4.79 Å². The highest BCUT2D eigenvalue weighted by Gasteiger charge is 2.12. The molecule has 1 N–H and O–H groups in total. The molecule has 0 radical (unpaired) electrons. The molecule has 0 aromatic carbocycles. The fourth-order valence-corrected chi connectivity index (χ4v) is 3.11. The van der Waals surface area contributed by atoms with Gasteiger partial charge in [0, 0.05) is 11.6 Å². The minimum atomic E-state index is -0.206. The molecular formula is C10H8Br2N2O2S. The Bertz CT molecular complexity index is 594. The van der Waals surface area contributed by atoms with Crippen LogP contribution in [0.15, 0.2) is 25.2 Å². The van der Waals surface area contributed by atoms with E-state index in [0.29, 0.717) is 22.6 Å². The minimum absolute atomic E-state index is 0.206. The molecule has 7 heteroatoms. The summed E-state index contributed by atoms with van der Waals surface area (Å²) in [5.41, 5.74) is 0.383. The third kappa shape index (κ3) is 2.67. The topological polar surface area (TPSA) is 55.0 Å². The number of aromatic nitrogens is 2. The van der Waals surface area contributed by atoms with Crippen molar-refractivity contribution >= 4 is 43.2 Å². The van der Waals surface area contributed by atoms with Crippen LogP contribution in [0.1, 0.15) is 5.69 Å². The molecule has 0 spiro atoms. The van der Waals surface area contributed by atoms with E-state index in [4.69, 9.17) is 4.74 Å². The average molecular weight is 380 g/mol. The van der Waals surface area contributed by atoms with Gasteiger partial charge in [0.25, 0.3) is 5.56 Å². The Morgan fingerprint density at radius 3 is 2.88 bits per heavy atom. The van der Waals surface area contributed by atoms with E-state index in [1.807, 2.05) is 11.4 Å². The summed E-state index contributed by atoms with van der Waals surface area (Å²) in [7, 11) is 1.57. The predicted molar refractivity (Wildman–Crippen MR) is 74.3 cm³/mol. The van der Waals surface area contributed by atoms with Gasteiger partial charge >= 0.3 is 0 Å². The zero-order chi connectivity index (χ0) is 12.4. The summed E-state index contributed by atoms with van der Waals surface area (Å²) in [6.45, 7) is 0.292. The number of hydrogen-bond acceptors (Lipinski definition) is 4. The first kappa shape index (κ1) is 12.9. The minimum Gasteiger partial charge on any atom is -0.378 e. The van der Waals surface area contributed by atoms with Crippen molar-refractivity contribution in [2.24, 2.45) is 0 Å². The first-order valence-electron chi connectivity index (χ1n) is 4.64. The number of thiophene rings is 1. The molecule has 0 atom stereocenters. The normalized spacial score (nSPS) is 10.8. The summed E-state index contributed by atoms with van der Waals surface area (Å²) >= 11 is 8.13. The summed E-state index contributed by atoms with van der Waals surface area (Å²) in [5, 5.41) is 1.93. The summed E-state index contributed by atoms with van der Waals surface area (Å²) in [4.78, 5) is 19.7. The standard InChI is InChI=1S/C10H8Br2N2O2S/c1-16-4-6-7(12)10(15)14-9(13-6)8-5(11)2-3-17-8/h2-3H,4H2,1H3,(H,13,14,15). The maximum absolute atomic E-state index is 11.7. The van der Waals surface area contributed by atoms with E-state index in [0.717, 1.165) is 9.35 Å². The van der Waals surface area contributed by atoms with Crippen LogP contribution in [0.25, 0.3) is 10.7 Å². The molecule has 0 bridgehead atoms. The van der Waals surface area contributed by atoms with Crippen LogP contribution in [0, 0.1) is 0 Å². The van der Waals surface area contributed by atoms with Crippen molar-refractivity contribution in [3.05, 3.63) is 36.4 Å². The van der Waals surface area contributed by atoms with Gasteiger partial charge in [-0.1, -0.05) is 0 Å². The molecule has 0 amide bonds. The van der Waals surface area contributed by atoms with Crippen molar-refractivity contribution < 1.29 is 4.74 Å². The Morgan fingerprint density at radius 1 is 1.53 bits per heavy atom. The summed E-state index contributed by atoms with van der Waals surface area (Å²) in [6.07, 6.45) is 0. The van der Waals surface area contributed by atoms with Crippen LogP contribution >= 0.6 is 43.2 Å². The molecule has 2 heterocycles. The number of nitrogens with one attached hydrogen (secondary N) is 1. The van der Waals surface area contributed by atoms with E-state index in [-0.39, 0.29) is 5.56 Å². The molecule has 0 aliphatic heterocycles. The molecule has 0 aliphatic carbocycles. The van der Waals surface area contributed by atoms with Crippen LogP contribution in [0.5, 0.6) is 0 Å². The Balaban J connectivity index is 2.57. The molecule has 0 unspecified atom stereocenters. The van der Waals surface area contributed by atoms with Crippen molar-refractivity contribution in [3.63, 3.8) is 0 Å². The van der Waals surface area contributed by atoms with Crippen molar-refractivity contribution in [2.45, 2.75) is 6.61 Å². The second-order valence-corrected chi connectivity index (χ2v) is 5.77. The highest BCUT2D eigenvalue weighted by atomic mass is 79.9. The molecule has 2 aromatic rings. The van der Waals surface area contributed by atoms with Crippen LogP contribution in [-0.4, -0.2) is 17.1 Å². The number of H-pyrrole nitrogens is 1. The lowest BCUT2D eigenvalue weighted by Gasteiger charge is -2.05. The number of ether oxygens (including phenoxy) is 1. The zero-order valence-electron chi connectivity index (χ0n) is 8.79. The molecule has 90 valence electrons. The Morgan fingerprint density at radius 2 is 2.29 bits per heavy atom. The van der Waals surface area contributed by atoms with Crippen molar-refractivity contribution in [1.82, 2.24) is 9.97 Å². The van der Waals surface area contributed by atoms with E-state index in [9.17, 15) is 4.79 Å². The second kappa shape index (κ2) is 5.43. The largest absolute Gasteiger partial charge is 0.378 e. The molecule has 2 aromatic heterocycles. The summed E-state index contributed by atoms with van der Waals surface area (Å²) in [5.74, 6) is 0.548. The van der Waals surface area contributed by atoms with Gasteiger partial charge in [0.05, 0.1) is 17.2 Å². The van der Waals surface area contributed by atoms with Crippen molar-refractivity contribution in [1.29, 1.82) is 0 Å². The lowest BCUT2D eigenvalue weighted by molar-refractivity contribution is 0.180. The fraction of sp³-hybridized carbons (Fsp3) is 0.200. The zero-order valence-corrected chi connectivity index (χ0v) is 12.8. The highest BCUT2D eigenvalue weighted by molar-refractivity contribution is 9.11. The van der Waals surface area contributed by atoms with Crippen LogP contribution in [-0.2, 0) is 11.3 Å². The summed E-state index contributed by atoms with van der Waals surface area (Å²) in [6, 6.07) is 1.91. The maximum atomic E-state index is 11.7. The SMILES string of the molecule is COCc1nc(-c2sccc2Br)[nH]c(=O)c1Br. The molecule has 0 saturated heterocycles. The van der Waals surface area contributed by atoms with E-state index in [1.165, 1.54) is 11.3 Å². The smallest absolute Gasteiger partial charge is 0.265 e. The number of rotatable bonds is 3. The number of halogens is 2. The molecule has 17 heavy (non-hydrogen) atoms. The van der Waals surface area contributed by atoms with Gasteiger partial charge in [0.1, 0.15) is 4.47 Å². The quantitative estimate of drug-likeness (QED) is 0.890. The van der Waals surface area contributed by atoms with Gasteiger partial charge in [0.15, 0.2) is 5.82 Å². The number of aromatic amines is 1. The van der Waals surface area contributed by atoms with E-state index in [2.05, 4.69) is 41.8 Å². The monoisotopic (exact) mass is 378 g/mol. The Labute approximate surface area is 118 Å². The molecule has 4 nitrogen and oxygen atoms in total. The number of nitrogens with zero attached hydrogens (tertiary/aromatic N) is 1. The van der Waals surface area contributed by atoms with Gasteiger partial charge in [-0.15, -0.1) is 11.3 Å². The van der Waals surface area contributed by atoms with Gasteiger partial charge < -0.3 is 9.72 Å². The predicted octanol–water partition coefficient (Wildman–Crippen LogP) is 3.17. The van der Waals surface area contributed by atoms with Crippen molar-refractivity contribution in [3.8, 4) is 10.7 Å². The van der Waals surface area contributed by atoms with Gasteiger partial charge in [-0.05, 0) is 43.3 Å². The van der Waals surface area contributed by atoms with Gasteiger partial charge in [0.2, 0.25) is 0 Å². The Kier molecular flexibility index (Phi) is 4.13. The first-order valence-corrected chi connectivity index (χ1v) is 7.11. The second-order valence-electron chi connectivity index (χ2n) is 3.21. The molecule has 2 rings (SSSR count). The van der Waals surface area contributed by atoms with Gasteiger partial charge in [-0.25, -0.2) is 4.98 Å². The fourth-order valence-electron chi connectivity index (χ4n) is 1.31. The van der Waals surface area contributed by atoms with Crippen LogP contribution in [0.2, 0.25) is 0 Å². The highest BCUT2D eigenvalue weighted by Crippen LogP contribution is 2.31. The van der Waals surface area contributed by atoms with Crippen LogP contribution < -0.4 is 5.56 Å². The molecule has 0 aliphatic rings. The molecular weight excluding hydrogens is 372 g/mol. The van der Waals surface area contributed by atoms with Crippen LogP contribution in [0.3, 0.4) is 0 Å². The Hall–Kier alpha value is -0.500.